The minimum absolute atomic E-state index is 0.189. The first kappa shape index (κ1) is 15.6. The van der Waals surface area contributed by atoms with Crippen LogP contribution >= 0.6 is 0 Å². The van der Waals surface area contributed by atoms with Gasteiger partial charge in [0, 0.05) is 18.9 Å². The van der Waals surface area contributed by atoms with Crippen LogP contribution in [-0.4, -0.2) is 39.9 Å². The lowest BCUT2D eigenvalue weighted by Crippen LogP contribution is -2.43. The molecule has 22 heavy (non-hydrogen) atoms. The van der Waals surface area contributed by atoms with Gasteiger partial charge in [0.1, 0.15) is 11.7 Å². The summed E-state index contributed by atoms with van der Waals surface area (Å²) in [6.07, 6.45) is 4.31. The van der Waals surface area contributed by atoms with E-state index < -0.39 is 12.0 Å². The Labute approximate surface area is 128 Å². The maximum absolute atomic E-state index is 12.6. The summed E-state index contributed by atoms with van der Waals surface area (Å²) in [4.78, 5) is 33.8. The Morgan fingerprint density at radius 2 is 1.95 bits per heavy atom. The molecule has 0 aliphatic rings. The van der Waals surface area contributed by atoms with Gasteiger partial charge in [0.15, 0.2) is 0 Å². The molecule has 1 aromatic carbocycles. The zero-order valence-electron chi connectivity index (χ0n) is 12.5. The summed E-state index contributed by atoms with van der Waals surface area (Å²) in [6, 6.07) is 8.70. The molecule has 0 saturated heterocycles. The molecule has 0 unspecified atom stereocenters. The second-order valence-corrected chi connectivity index (χ2v) is 4.71. The minimum Gasteiger partial charge on any atom is -0.467 e. The quantitative estimate of drug-likeness (QED) is 0.785. The molecule has 2 aromatic rings. The predicted octanol–water partition coefficient (Wildman–Crippen LogP) is 1.68. The molecule has 1 amide bonds. The molecule has 0 aliphatic heterocycles. The molecule has 6 nitrogen and oxygen atoms in total. The number of aromatic nitrogens is 2. The molecular formula is C16H17N3O3. The highest BCUT2D eigenvalue weighted by molar-refractivity contribution is 5.94. The van der Waals surface area contributed by atoms with Gasteiger partial charge in [-0.3, -0.25) is 9.78 Å². The summed E-state index contributed by atoms with van der Waals surface area (Å²) in [7, 11) is 1.30. The number of nitrogens with zero attached hydrogens (tertiary/aromatic N) is 3. The average Bonchev–Trinajstić information content (AvgIpc) is 2.59. The summed E-state index contributed by atoms with van der Waals surface area (Å²) in [5.41, 5.74) is 1.10. The summed E-state index contributed by atoms with van der Waals surface area (Å²) >= 11 is 0. The third-order valence-electron chi connectivity index (χ3n) is 3.25. The smallest absolute Gasteiger partial charge is 0.328 e. The lowest BCUT2D eigenvalue weighted by atomic mass is 10.1. The number of benzene rings is 1. The maximum atomic E-state index is 12.6. The monoisotopic (exact) mass is 299 g/mol. The van der Waals surface area contributed by atoms with E-state index in [4.69, 9.17) is 4.74 Å². The molecule has 1 atom stereocenters. The second-order valence-electron chi connectivity index (χ2n) is 4.71. The molecule has 0 saturated carbocycles. The molecule has 1 aromatic heterocycles. The Kier molecular flexibility index (Phi) is 5.19. The number of methoxy groups -OCH3 is 1. The van der Waals surface area contributed by atoms with Crippen molar-refractivity contribution < 1.29 is 14.3 Å². The molecule has 0 spiro atoms. The fourth-order valence-corrected chi connectivity index (χ4v) is 2.02. The van der Waals surface area contributed by atoms with Crippen LogP contribution < -0.4 is 0 Å². The number of hydrogen-bond acceptors (Lipinski definition) is 5. The van der Waals surface area contributed by atoms with Crippen LogP contribution in [0.5, 0.6) is 0 Å². The first-order valence-electron chi connectivity index (χ1n) is 6.82. The minimum atomic E-state index is -0.722. The molecule has 0 radical (unpaired) electrons. The van der Waals surface area contributed by atoms with Crippen molar-refractivity contribution in [3.63, 3.8) is 0 Å². The lowest BCUT2D eigenvalue weighted by molar-refractivity contribution is -0.145. The van der Waals surface area contributed by atoms with Gasteiger partial charge in [-0.25, -0.2) is 9.78 Å². The fraction of sp³-hybridized carbons (Fsp3) is 0.250. The van der Waals surface area contributed by atoms with Gasteiger partial charge in [-0.1, -0.05) is 30.3 Å². The van der Waals surface area contributed by atoms with Gasteiger partial charge in [0.05, 0.1) is 13.3 Å². The van der Waals surface area contributed by atoms with Crippen molar-refractivity contribution >= 4 is 11.9 Å². The first-order chi connectivity index (χ1) is 10.6. The van der Waals surface area contributed by atoms with Crippen LogP contribution in [0.4, 0.5) is 0 Å². The number of amides is 1. The van der Waals surface area contributed by atoms with Gasteiger partial charge in [-0.05, 0) is 12.5 Å². The highest BCUT2D eigenvalue weighted by Gasteiger charge is 2.28. The van der Waals surface area contributed by atoms with Gasteiger partial charge in [-0.2, -0.15) is 0 Å². The summed E-state index contributed by atoms with van der Waals surface area (Å²) in [6.45, 7) is 1.91. The number of ether oxygens (including phenoxy) is 1. The third-order valence-corrected chi connectivity index (χ3v) is 3.25. The second kappa shape index (κ2) is 7.31. The standard InChI is InChI=1S/C16H17N3O3/c1-12(16(21)22-2)19(11-13-6-4-3-5-7-13)15(20)14-10-17-8-9-18-14/h3-10,12H,11H2,1-2H3/t12-/m0/s1. The molecular weight excluding hydrogens is 282 g/mol. The van der Waals surface area contributed by atoms with E-state index in [-0.39, 0.29) is 18.1 Å². The topological polar surface area (TPSA) is 72.4 Å². The highest BCUT2D eigenvalue weighted by atomic mass is 16.5. The Bertz CT molecular complexity index is 632. The van der Waals surface area contributed by atoms with Gasteiger partial charge in [0.2, 0.25) is 0 Å². The summed E-state index contributed by atoms with van der Waals surface area (Å²) in [5.74, 6) is -0.844. The van der Waals surface area contributed by atoms with E-state index in [1.807, 2.05) is 30.3 Å². The van der Waals surface area contributed by atoms with Crippen LogP contribution in [0.1, 0.15) is 23.0 Å². The fourth-order valence-electron chi connectivity index (χ4n) is 2.02. The molecule has 0 bridgehead atoms. The Balaban J connectivity index is 2.29. The SMILES string of the molecule is COC(=O)[C@H](C)N(Cc1ccccc1)C(=O)c1cnccn1. The van der Waals surface area contributed by atoms with E-state index in [1.54, 1.807) is 6.92 Å². The Morgan fingerprint density at radius 1 is 1.23 bits per heavy atom. The molecule has 1 heterocycles. The van der Waals surface area contributed by atoms with Crippen LogP contribution in [0.15, 0.2) is 48.9 Å². The maximum Gasteiger partial charge on any atom is 0.328 e. The van der Waals surface area contributed by atoms with Gasteiger partial charge in [0.25, 0.3) is 5.91 Å². The van der Waals surface area contributed by atoms with Crippen LogP contribution in [0.25, 0.3) is 0 Å². The van der Waals surface area contributed by atoms with E-state index in [0.29, 0.717) is 0 Å². The molecule has 114 valence electrons. The average molecular weight is 299 g/mol. The van der Waals surface area contributed by atoms with Gasteiger partial charge in [-0.15, -0.1) is 0 Å². The summed E-state index contributed by atoms with van der Waals surface area (Å²) in [5, 5.41) is 0. The number of rotatable bonds is 5. The largest absolute Gasteiger partial charge is 0.467 e. The van der Waals surface area contributed by atoms with E-state index >= 15 is 0 Å². The van der Waals surface area contributed by atoms with Crippen molar-refractivity contribution in [2.75, 3.05) is 7.11 Å². The summed E-state index contributed by atoms with van der Waals surface area (Å²) < 4.78 is 4.75. The number of esters is 1. The van der Waals surface area contributed by atoms with Crippen molar-refractivity contribution in [1.82, 2.24) is 14.9 Å². The zero-order valence-corrected chi connectivity index (χ0v) is 12.5. The van der Waals surface area contributed by atoms with Crippen LogP contribution in [0.3, 0.4) is 0 Å². The van der Waals surface area contributed by atoms with E-state index in [9.17, 15) is 9.59 Å². The van der Waals surface area contributed by atoms with Crippen LogP contribution in [0, 0.1) is 0 Å². The third kappa shape index (κ3) is 3.66. The number of hydrogen-bond donors (Lipinski definition) is 0. The van der Waals surface area contributed by atoms with Gasteiger partial charge >= 0.3 is 5.97 Å². The van der Waals surface area contributed by atoms with Crippen molar-refractivity contribution in [2.45, 2.75) is 19.5 Å². The number of carbonyl (C=O) groups is 2. The number of carbonyl (C=O) groups excluding carboxylic acids is 2. The molecule has 0 aliphatic carbocycles. The Morgan fingerprint density at radius 3 is 2.55 bits per heavy atom. The Hall–Kier alpha value is -2.76. The molecule has 2 rings (SSSR count). The zero-order chi connectivity index (χ0) is 15.9. The van der Waals surface area contributed by atoms with E-state index in [0.717, 1.165) is 5.56 Å². The first-order valence-corrected chi connectivity index (χ1v) is 6.82. The molecule has 0 N–H and O–H groups in total. The van der Waals surface area contributed by atoms with Gasteiger partial charge < -0.3 is 9.64 Å². The van der Waals surface area contributed by atoms with Crippen molar-refractivity contribution in [3.05, 3.63) is 60.2 Å². The van der Waals surface area contributed by atoms with Crippen LogP contribution in [-0.2, 0) is 16.1 Å². The van der Waals surface area contributed by atoms with E-state index in [1.165, 1.54) is 30.6 Å². The van der Waals surface area contributed by atoms with Crippen molar-refractivity contribution in [2.24, 2.45) is 0 Å². The molecule has 6 heteroatoms. The van der Waals surface area contributed by atoms with Crippen molar-refractivity contribution in [1.29, 1.82) is 0 Å². The van der Waals surface area contributed by atoms with Crippen LogP contribution in [0.2, 0.25) is 0 Å². The molecule has 0 fully saturated rings. The highest BCUT2D eigenvalue weighted by Crippen LogP contribution is 2.13. The normalized spacial score (nSPS) is 11.5. The lowest BCUT2D eigenvalue weighted by Gasteiger charge is -2.27. The van der Waals surface area contributed by atoms with E-state index in [2.05, 4.69) is 9.97 Å². The van der Waals surface area contributed by atoms with Crippen molar-refractivity contribution in [3.8, 4) is 0 Å². The predicted molar refractivity (Wildman–Crippen MR) is 79.8 cm³/mol.